The van der Waals surface area contributed by atoms with Crippen LogP contribution < -0.4 is 29.3 Å². The molecule has 5 fully saturated rings. The van der Waals surface area contributed by atoms with Gasteiger partial charge >= 0.3 is 0 Å². The maximum atomic E-state index is 15.1. The van der Waals surface area contributed by atoms with Crippen LogP contribution in [0.15, 0.2) is 83.9 Å². The molecule has 70 heavy (non-hydrogen) atoms. The summed E-state index contributed by atoms with van der Waals surface area (Å²) in [5.41, 5.74) is 3.30. The summed E-state index contributed by atoms with van der Waals surface area (Å²) in [6.07, 6.45) is 8.03. The van der Waals surface area contributed by atoms with Crippen molar-refractivity contribution < 1.29 is 46.2 Å². The highest BCUT2D eigenvalue weighted by Crippen LogP contribution is 2.55. The molecule has 1 spiro atoms. The highest BCUT2D eigenvalue weighted by atomic mass is 32.2. The van der Waals surface area contributed by atoms with E-state index in [1.165, 1.54) is 5.56 Å². The van der Waals surface area contributed by atoms with E-state index in [1.807, 2.05) is 29.2 Å². The third-order valence-electron chi connectivity index (χ3n) is 14.9. The Morgan fingerprint density at radius 1 is 1.01 bits per heavy atom. The first-order chi connectivity index (χ1) is 33.8. The number of rotatable bonds is 13. The summed E-state index contributed by atoms with van der Waals surface area (Å²) in [5.74, 6) is -1.87. The maximum Gasteiger partial charge on any atom is 0.293 e. The number of anilines is 4. The van der Waals surface area contributed by atoms with Crippen LogP contribution >= 0.6 is 0 Å². The first kappa shape index (κ1) is 46.3. The zero-order valence-electron chi connectivity index (χ0n) is 39.1. The highest BCUT2D eigenvalue weighted by Gasteiger charge is 2.50. The predicted octanol–water partition coefficient (Wildman–Crippen LogP) is 7.39. The average Bonchev–Trinajstić information content (AvgIpc) is 4.13. The number of halogens is 1. The van der Waals surface area contributed by atoms with E-state index in [1.54, 1.807) is 12.3 Å². The molecular weight excluding hydrogens is 924 g/mol. The summed E-state index contributed by atoms with van der Waals surface area (Å²) in [5, 5.41) is 15.7. The van der Waals surface area contributed by atoms with Gasteiger partial charge in [-0.2, -0.15) is 4.98 Å². The number of sulfonamides is 1. The number of carbonyl (C=O) groups excluding carboxylic acids is 1. The van der Waals surface area contributed by atoms with Gasteiger partial charge in [0.25, 0.3) is 21.6 Å². The topological polar surface area (TPSA) is 203 Å². The Balaban J connectivity index is 0.860. The summed E-state index contributed by atoms with van der Waals surface area (Å²) in [4.78, 5) is 40.4. The number of piperidine rings is 1. The molecule has 4 atom stereocenters. The second-order valence-corrected chi connectivity index (χ2v) is 21.4. The summed E-state index contributed by atoms with van der Waals surface area (Å²) in [6, 6.07) is 21.3. The van der Waals surface area contributed by atoms with Gasteiger partial charge in [0.2, 0.25) is 11.7 Å². The summed E-state index contributed by atoms with van der Waals surface area (Å²) in [6.45, 7) is 6.74. The van der Waals surface area contributed by atoms with E-state index in [0.717, 1.165) is 93.2 Å². The Morgan fingerprint density at radius 2 is 1.84 bits per heavy atom. The molecule has 5 aliphatic heterocycles. The van der Waals surface area contributed by atoms with Gasteiger partial charge < -0.3 is 43.8 Å². The minimum Gasteiger partial charge on any atom is -0.491 e. The molecule has 1 saturated carbocycles. The van der Waals surface area contributed by atoms with Crippen molar-refractivity contribution in [2.75, 3.05) is 74.3 Å². The maximum absolute atomic E-state index is 15.1. The number of benzene rings is 3. The van der Waals surface area contributed by atoms with Gasteiger partial charge in [0.15, 0.2) is 0 Å². The molecule has 18 nitrogen and oxygen atoms in total. The number of nitrogens with zero attached hydrogens (tertiary/aromatic N) is 5. The number of para-hydroxylation sites is 1. The fraction of sp³-hybridized carbons (Fsp3) is 0.480. The Bertz CT molecular complexity index is 2910. The predicted molar refractivity (Wildman–Crippen MR) is 258 cm³/mol. The number of pyridine rings is 1. The molecule has 0 radical (unpaired) electrons. The molecule has 0 unspecified atom stereocenters. The third-order valence-corrected chi connectivity index (χ3v) is 16.2. The Morgan fingerprint density at radius 3 is 2.63 bits per heavy atom. The van der Waals surface area contributed by atoms with Crippen molar-refractivity contribution in [3.63, 3.8) is 0 Å². The number of fused-ring (bicyclic) bond motifs is 3. The Labute approximate surface area is 404 Å². The van der Waals surface area contributed by atoms with Crippen LogP contribution in [-0.2, 0) is 24.2 Å². The number of alkyl halides is 1. The molecule has 6 aliphatic rings. The molecule has 1 aliphatic carbocycles. The minimum atomic E-state index is -4.71. The van der Waals surface area contributed by atoms with Crippen LogP contribution in [0.1, 0.15) is 74.3 Å². The number of hydrogen-bond donors (Lipinski definition) is 3. The second kappa shape index (κ2) is 18.3. The van der Waals surface area contributed by atoms with Crippen LogP contribution in [0.2, 0.25) is 0 Å². The Hall–Kier alpha value is -6.06. The average molecular weight is 981 g/mol. The molecule has 20 heteroatoms. The molecule has 3 aromatic carbocycles. The number of H-pyrrole nitrogens is 1. The number of nitro benzene ring substituents is 1. The van der Waals surface area contributed by atoms with Crippen molar-refractivity contribution in [3.05, 3.63) is 100 Å². The quantitative estimate of drug-likeness (QED) is 0.0778. The van der Waals surface area contributed by atoms with Crippen molar-refractivity contribution >= 4 is 55.4 Å². The van der Waals surface area contributed by atoms with Crippen molar-refractivity contribution in [3.8, 4) is 11.6 Å². The van der Waals surface area contributed by atoms with Crippen LogP contribution in [0.25, 0.3) is 11.0 Å². The van der Waals surface area contributed by atoms with Gasteiger partial charge in [-0.3, -0.25) is 19.8 Å². The van der Waals surface area contributed by atoms with Crippen LogP contribution in [-0.4, -0.2) is 123 Å². The lowest BCUT2D eigenvalue weighted by atomic mass is 9.60. The first-order valence-electron chi connectivity index (χ1n) is 24.2. The smallest absolute Gasteiger partial charge is 0.293 e. The molecule has 5 aromatic rings. The number of likely N-dealkylation sites (tertiary alicyclic amines) is 1. The number of ether oxygens (including phenoxy) is 5. The first-order valence-corrected chi connectivity index (χ1v) is 25.7. The molecule has 370 valence electrons. The molecule has 2 aromatic heterocycles. The molecule has 3 N–H and O–H groups in total. The van der Waals surface area contributed by atoms with E-state index < -0.39 is 56.0 Å². The second-order valence-electron chi connectivity index (χ2n) is 19.7. The largest absolute Gasteiger partial charge is 0.491 e. The standard InChI is InChI=1S/C50H57FN8O10S/c1-31(2)68-44-8-4-3-6-36(44)39-7-5-17-57(39)34-25-49(26-34)14-18-56(19-15-49)33-9-11-37(40(23-33)58-42-22-32-13-16-52-46(32)54-48(42)69-45-28-66-27-43(45)58)47(60)55-70(63,64)35-10-12-38(41(24-35)59(61)62)53-29-50(51)30-65-20-21-67-50/h3-4,6,8-13,16,22-24,31,34,39,43,45,53H,5,7,14-15,17-21,25-30H2,1-2H3,(H,52,54)(H,55,60)/t39-,43+,45+,50-/m0/s1. The lowest BCUT2D eigenvalue weighted by Crippen LogP contribution is -2.55. The summed E-state index contributed by atoms with van der Waals surface area (Å²) < 4.78 is 74.4. The number of carbonyl (C=O) groups is 1. The summed E-state index contributed by atoms with van der Waals surface area (Å²) >= 11 is 0. The summed E-state index contributed by atoms with van der Waals surface area (Å²) in [7, 11) is -4.71. The number of amides is 1. The van der Waals surface area contributed by atoms with Gasteiger partial charge in [-0.1, -0.05) is 18.2 Å². The zero-order valence-corrected chi connectivity index (χ0v) is 39.9. The van der Waals surface area contributed by atoms with Gasteiger partial charge in [-0.15, -0.1) is 0 Å². The van der Waals surface area contributed by atoms with E-state index in [0.29, 0.717) is 35.0 Å². The van der Waals surface area contributed by atoms with E-state index in [2.05, 4.69) is 62.9 Å². The van der Waals surface area contributed by atoms with Crippen molar-refractivity contribution in [1.29, 1.82) is 0 Å². The van der Waals surface area contributed by atoms with Crippen molar-refractivity contribution in [1.82, 2.24) is 19.6 Å². The van der Waals surface area contributed by atoms with E-state index in [-0.39, 0.29) is 55.8 Å². The molecule has 7 heterocycles. The number of nitro groups is 1. The molecule has 1 amide bonds. The van der Waals surface area contributed by atoms with E-state index >= 15 is 4.39 Å². The van der Waals surface area contributed by atoms with Gasteiger partial charge in [0.1, 0.15) is 35.5 Å². The van der Waals surface area contributed by atoms with Crippen LogP contribution in [0, 0.1) is 15.5 Å². The molecule has 0 bridgehead atoms. The van der Waals surface area contributed by atoms with Gasteiger partial charge in [0, 0.05) is 54.1 Å². The normalized spacial score (nSPS) is 24.5. The number of aromatic nitrogens is 2. The number of aromatic amines is 1. The third kappa shape index (κ3) is 8.77. The zero-order chi connectivity index (χ0) is 48.4. The fourth-order valence-electron chi connectivity index (χ4n) is 11.4. The molecule has 4 saturated heterocycles. The SMILES string of the molecule is CC(C)Oc1ccccc1[C@@H]1CCCN1C1CC2(CCN(c3ccc(C(=O)NS(=O)(=O)c4ccc(NC[C@@]5(F)COCCO5)c([N+](=O)[O-])c4)c(N4c5cc6cc[nH]c6nc5O[C@@H]5COC[C@H]54)c3)CC2)C1. The highest BCUT2D eigenvalue weighted by molar-refractivity contribution is 7.90. The fourth-order valence-corrected chi connectivity index (χ4v) is 12.4. The molecule has 11 rings (SSSR count). The van der Waals surface area contributed by atoms with Gasteiger partial charge in [-0.25, -0.2) is 17.5 Å². The van der Waals surface area contributed by atoms with Gasteiger partial charge in [0.05, 0.1) is 66.2 Å². The van der Waals surface area contributed by atoms with Crippen LogP contribution in [0.5, 0.6) is 11.6 Å². The lowest BCUT2D eigenvalue weighted by Gasteiger charge is -2.56. The van der Waals surface area contributed by atoms with E-state index in [9.17, 15) is 23.3 Å². The Kier molecular flexibility index (Phi) is 12.1. The minimum absolute atomic E-state index is 0.00781. The van der Waals surface area contributed by atoms with Crippen molar-refractivity contribution in [2.45, 2.75) is 93.5 Å². The monoisotopic (exact) mass is 980 g/mol. The lowest BCUT2D eigenvalue weighted by molar-refractivity contribution is -0.384. The van der Waals surface area contributed by atoms with E-state index in [4.69, 9.17) is 28.7 Å². The number of nitrogens with one attached hydrogen (secondary N) is 3. The molecular formula is C50H57FN8O10S. The van der Waals surface area contributed by atoms with Gasteiger partial charge in [-0.05, 0) is 113 Å². The number of hydrogen-bond acceptors (Lipinski definition) is 15. The van der Waals surface area contributed by atoms with Crippen molar-refractivity contribution in [2.24, 2.45) is 5.41 Å². The van der Waals surface area contributed by atoms with Crippen LogP contribution in [0.3, 0.4) is 0 Å². The van der Waals surface area contributed by atoms with Crippen LogP contribution in [0.4, 0.5) is 32.8 Å².